The van der Waals surface area contributed by atoms with Gasteiger partial charge < -0.3 is 14.8 Å². The standard InChI is InChI=1S/C16H23NO2/c1-11-10-12(8-9-18-11)17-15-13-6-4-5-7-14(13)19-16(15,2)3/h4-7,11-12,15,17H,8-10H2,1-3H3. The summed E-state index contributed by atoms with van der Waals surface area (Å²) in [6.07, 6.45) is 2.51. The minimum atomic E-state index is -0.189. The molecule has 104 valence electrons. The molecule has 0 aromatic heterocycles. The summed E-state index contributed by atoms with van der Waals surface area (Å²) >= 11 is 0. The van der Waals surface area contributed by atoms with Crippen molar-refractivity contribution in [3.63, 3.8) is 0 Å². The highest BCUT2D eigenvalue weighted by molar-refractivity contribution is 5.42. The minimum absolute atomic E-state index is 0.189. The van der Waals surface area contributed by atoms with Crippen LogP contribution in [0, 0.1) is 0 Å². The van der Waals surface area contributed by atoms with Crippen molar-refractivity contribution < 1.29 is 9.47 Å². The van der Waals surface area contributed by atoms with Gasteiger partial charge in [0.2, 0.25) is 0 Å². The molecule has 3 rings (SSSR count). The van der Waals surface area contributed by atoms with Crippen molar-refractivity contribution in [2.75, 3.05) is 6.61 Å². The van der Waals surface area contributed by atoms with Crippen molar-refractivity contribution in [1.29, 1.82) is 0 Å². The molecule has 0 amide bonds. The molecule has 0 aliphatic carbocycles. The van der Waals surface area contributed by atoms with Gasteiger partial charge in [0, 0.05) is 18.2 Å². The third-order valence-corrected chi connectivity index (χ3v) is 4.19. The lowest BCUT2D eigenvalue weighted by Crippen LogP contribution is -2.46. The van der Waals surface area contributed by atoms with Crippen LogP contribution in [0.4, 0.5) is 0 Å². The monoisotopic (exact) mass is 261 g/mol. The van der Waals surface area contributed by atoms with Crippen LogP contribution in [0.15, 0.2) is 24.3 Å². The highest BCUT2D eigenvalue weighted by atomic mass is 16.5. The van der Waals surface area contributed by atoms with Crippen LogP contribution < -0.4 is 10.1 Å². The number of para-hydroxylation sites is 1. The summed E-state index contributed by atoms with van der Waals surface area (Å²) in [6.45, 7) is 7.33. The van der Waals surface area contributed by atoms with Crippen LogP contribution in [0.25, 0.3) is 0 Å². The highest BCUT2D eigenvalue weighted by Gasteiger charge is 2.42. The average Bonchev–Trinajstić information content (AvgIpc) is 2.61. The maximum absolute atomic E-state index is 6.08. The van der Waals surface area contributed by atoms with E-state index in [1.807, 2.05) is 6.07 Å². The first-order chi connectivity index (χ1) is 9.06. The molecule has 0 radical (unpaired) electrons. The maximum atomic E-state index is 6.08. The van der Waals surface area contributed by atoms with Crippen LogP contribution in [0.1, 0.15) is 45.2 Å². The third kappa shape index (κ3) is 2.49. The SMILES string of the molecule is CC1CC(NC2c3ccccc3OC2(C)C)CCO1. The molecular formula is C16H23NO2. The van der Waals surface area contributed by atoms with E-state index in [0.29, 0.717) is 12.1 Å². The second-order valence-corrected chi connectivity index (χ2v) is 6.25. The fourth-order valence-corrected chi connectivity index (χ4v) is 3.20. The van der Waals surface area contributed by atoms with Crippen LogP contribution in [-0.2, 0) is 4.74 Å². The smallest absolute Gasteiger partial charge is 0.125 e. The molecule has 0 saturated carbocycles. The molecule has 1 saturated heterocycles. The van der Waals surface area contributed by atoms with Gasteiger partial charge in [-0.3, -0.25) is 0 Å². The van der Waals surface area contributed by atoms with E-state index in [4.69, 9.17) is 9.47 Å². The molecule has 1 fully saturated rings. The molecular weight excluding hydrogens is 238 g/mol. The first kappa shape index (κ1) is 12.9. The summed E-state index contributed by atoms with van der Waals surface area (Å²) in [5.41, 5.74) is 1.09. The average molecular weight is 261 g/mol. The van der Waals surface area contributed by atoms with Gasteiger partial charge in [-0.05, 0) is 39.7 Å². The van der Waals surface area contributed by atoms with Crippen LogP contribution in [0.2, 0.25) is 0 Å². The first-order valence-corrected chi connectivity index (χ1v) is 7.22. The zero-order valence-electron chi connectivity index (χ0n) is 12.0. The van der Waals surface area contributed by atoms with Crippen molar-refractivity contribution in [2.45, 2.75) is 57.4 Å². The number of hydrogen-bond acceptors (Lipinski definition) is 3. The van der Waals surface area contributed by atoms with Gasteiger partial charge in [0.1, 0.15) is 11.4 Å². The molecule has 19 heavy (non-hydrogen) atoms. The molecule has 3 unspecified atom stereocenters. The Balaban J connectivity index is 1.79. The molecule has 2 aliphatic rings. The van der Waals surface area contributed by atoms with E-state index in [0.717, 1.165) is 25.2 Å². The first-order valence-electron chi connectivity index (χ1n) is 7.22. The summed E-state index contributed by atoms with van der Waals surface area (Å²) in [7, 11) is 0. The quantitative estimate of drug-likeness (QED) is 0.887. The molecule has 2 aliphatic heterocycles. The zero-order valence-corrected chi connectivity index (χ0v) is 12.0. The topological polar surface area (TPSA) is 30.5 Å². The lowest BCUT2D eigenvalue weighted by atomic mass is 9.92. The Bertz CT molecular complexity index is 458. The molecule has 1 aromatic rings. The highest BCUT2D eigenvalue weighted by Crippen LogP contribution is 2.43. The molecule has 0 spiro atoms. The van der Waals surface area contributed by atoms with Crippen LogP contribution in [0.3, 0.4) is 0 Å². The Morgan fingerprint density at radius 1 is 1.26 bits per heavy atom. The molecule has 3 atom stereocenters. The molecule has 0 bridgehead atoms. The maximum Gasteiger partial charge on any atom is 0.125 e. The normalized spacial score (nSPS) is 32.7. The number of fused-ring (bicyclic) bond motifs is 1. The van der Waals surface area contributed by atoms with E-state index >= 15 is 0 Å². The second-order valence-electron chi connectivity index (χ2n) is 6.25. The molecule has 1 N–H and O–H groups in total. The van der Waals surface area contributed by atoms with Gasteiger partial charge in [-0.1, -0.05) is 18.2 Å². The summed E-state index contributed by atoms with van der Waals surface area (Å²) < 4.78 is 11.7. The molecule has 3 heteroatoms. The van der Waals surface area contributed by atoms with E-state index in [9.17, 15) is 0 Å². The number of rotatable bonds is 2. The van der Waals surface area contributed by atoms with E-state index in [2.05, 4.69) is 44.3 Å². The van der Waals surface area contributed by atoms with Gasteiger partial charge in [-0.25, -0.2) is 0 Å². The second kappa shape index (κ2) is 4.80. The van der Waals surface area contributed by atoms with Crippen molar-refractivity contribution >= 4 is 0 Å². The van der Waals surface area contributed by atoms with Crippen molar-refractivity contribution in [1.82, 2.24) is 5.32 Å². The molecule has 2 heterocycles. The third-order valence-electron chi connectivity index (χ3n) is 4.19. The summed E-state index contributed by atoms with van der Waals surface area (Å²) in [5, 5.41) is 3.79. The lowest BCUT2D eigenvalue weighted by Gasteiger charge is -2.34. The lowest BCUT2D eigenvalue weighted by molar-refractivity contribution is 0.00363. The summed E-state index contributed by atoms with van der Waals surface area (Å²) in [5.74, 6) is 1.02. The summed E-state index contributed by atoms with van der Waals surface area (Å²) in [6, 6.07) is 9.14. The summed E-state index contributed by atoms with van der Waals surface area (Å²) in [4.78, 5) is 0. The largest absolute Gasteiger partial charge is 0.486 e. The van der Waals surface area contributed by atoms with E-state index in [-0.39, 0.29) is 11.6 Å². The predicted molar refractivity (Wildman–Crippen MR) is 75.5 cm³/mol. The van der Waals surface area contributed by atoms with Crippen molar-refractivity contribution in [3.05, 3.63) is 29.8 Å². The fourth-order valence-electron chi connectivity index (χ4n) is 3.20. The van der Waals surface area contributed by atoms with Crippen LogP contribution >= 0.6 is 0 Å². The van der Waals surface area contributed by atoms with E-state index < -0.39 is 0 Å². The Morgan fingerprint density at radius 3 is 2.84 bits per heavy atom. The van der Waals surface area contributed by atoms with Gasteiger partial charge >= 0.3 is 0 Å². The van der Waals surface area contributed by atoms with Crippen LogP contribution in [0.5, 0.6) is 5.75 Å². The number of hydrogen-bond donors (Lipinski definition) is 1. The zero-order chi connectivity index (χ0) is 13.5. The van der Waals surface area contributed by atoms with Gasteiger partial charge in [0.25, 0.3) is 0 Å². The molecule has 3 nitrogen and oxygen atoms in total. The minimum Gasteiger partial charge on any atom is -0.486 e. The Hall–Kier alpha value is -1.06. The van der Waals surface area contributed by atoms with Gasteiger partial charge in [-0.15, -0.1) is 0 Å². The van der Waals surface area contributed by atoms with E-state index in [1.54, 1.807) is 0 Å². The fraction of sp³-hybridized carbons (Fsp3) is 0.625. The van der Waals surface area contributed by atoms with Gasteiger partial charge in [0.15, 0.2) is 0 Å². The Morgan fingerprint density at radius 2 is 2.05 bits per heavy atom. The van der Waals surface area contributed by atoms with Gasteiger partial charge in [0.05, 0.1) is 12.1 Å². The Labute approximate surface area is 115 Å². The predicted octanol–water partition coefficient (Wildman–Crippen LogP) is 3.06. The number of benzene rings is 1. The van der Waals surface area contributed by atoms with E-state index in [1.165, 1.54) is 5.56 Å². The van der Waals surface area contributed by atoms with Gasteiger partial charge in [-0.2, -0.15) is 0 Å². The van der Waals surface area contributed by atoms with Crippen molar-refractivity contribution in [3.8, 4) is 5.75 Å². The van der Waals surface area contributed by atoms with Crippen molar-refractivity contribution in [2.24, 2.45) is 0 Å². The molecule has 1 aromatic carbocycles. The number of nitrogens with one attached hydrogen (secondary N) is 1. The van der Waals surface area contributed by atoms with Crippen LogP contribution in [-0.4, -0.2) is 24.4 Å². The Kier molecular flexibility index (Phi) is 3.27. The number of ether oxygens (including phenoxy) is 2.